The average molecular weight is 151 g/mol. The standard InChI is InChI=1S/C10H17N/c1-4-7-10(5-2)8-6-9-11-3/h6-9H,4-5H2,1-3H3/b8-6-,10-7+,11-9?. The highest BCUT2D eigenvalue weighted by Crippen LogP contribution is 2.02. The van der Waals surface area contributed by atoms with Crippen LogP contribution in [0.25, 0.3) is 0 Å². The van der Waals surface area contributed by atoms with Crippen molar-refractivity contribution >= 4 is 6.21 Å². The van der Waals surface area contributed by atoms with E-state index in [2.05, 4.69) is 31.0 Å². The van der Waals surface area contributed by atoms with Crippen LogP contribution in [0.2, 0.25) is 0 Å². The van der Waals surface area contributed by atoms with E-state index in [1.54, 1.807) is 13.3 Å². The van der Waals surface area contributed by atoms with Gasteiger partial charge in [-0.1, -0.05) is 31.6 Å². The van der Waals surface area contributed by atoms with Gasteiger partial charge < -0.3 is 0 Å². The molecular formula is C10H17N. The van der Waals surface area contributed by atoms with Gasteiger partial charge >= 0.3 is 0 Å². The Labute approximate surface area is 69.5 Å². The van der Waals surface area contributed by atoms with Crippen molar-refractivity contribution in [3.8, 4) is 0 Å². The number of nitrogens with zero attached hydrogens (tertiary/aromatic N) is 1. The Kier molecular flexibility index (Phi) is 6.70. The van der Waals surface area contributed by atoms with Crippen LogP contribution in [0, 0.1) is 0 Å². The topological polar surface area (TPSA) is 12.4 Å². The highest BCUT2D eigenvalue weighted by Gasteiger charge is 1.83. The molecule has 0 saturated carbocycles. The quantitative estimate of drug-likeness (QED) is 0.432. The molecule has 0 aromatic rings. The minimum atomic E-state index is 1.10. The molecule has 1 nitrogen and oxygen atoms in total. The molecule has 0 saturated heterocycles. The Morgan fingerprint density at radius 1 is 1.36 bits per heavy atom. The Morgan fingerprint density at radius 2 is 2.09 bits per heavy atom. The third-order valence-electron chi connectivity index (χ3n) is 1.42. The van der Waals surface area contributed by atoms with Gasteiger partial charge in [-0.3, -0.25) is 4.99 Å². The predicted octanol–water partition coefficient (Wildman–Crippen LogP) is 2.99. The molecule has 0 radical (unpaired) electrons. The first-order chi connectivity index (χ1) is 5.35. The maximum absolute atomic E-state index is 3.86. The Bertz CT molecular complexity index is 164. The Morgan fingerprint density at radius 3 is 2.55 bits per heavy atom. The Balaban J connectivity index is 3.96. The van der Waals surface area contributed by atoms with Gasteiger partial charge in [-0.25, -0.2) is 0 Å². The molecule has 0 aliphatic heterocycles. The van der Waals surface area contributed by atoms with Crippen LogP contribution in [0.3, 0.4) is 0 Å². The molecule has 0 aliphatic carbocycles. The van der Waals surface area contributed by atoms with Crippen molar-refractivity contribution in [1.82, 2.24) is 0 Å². The molecule has 0 fully saturated rings. The summed E-state index contributed by atoms with van der Waals surface area (Å²) in [6.07, 6.45) is 10.3. The van der Waals surface area contributed by atoms with Crippen LogP contribution in [0.1, 0.15) is 26.7 Å². The lowest BCUT2D eigenvalue weighted by molar-refractivity contribution is 1.10. The fourth-order valence-corrected chi connectivity index (χ4v) is 0.845. The first-order valence-corrected chi connectivity index (χ1v) is 4.13. The number of allylic oxidation sites excluding steroid dienone is 4. The van der Waals surface area contributed by atoms with E-state index in [0.29, 0.717) is 0 Å². The summed E-state index contributed by atoms with van der Waals surface area (Å²) in [4.78, 5) is 3.86. The van der Waals surface area contributed by atoms with Crippen molar-refractivity contribution in [2.75, 3.05) is 7.05 Å². The molecule has 0 amide bonds. The second kappa shape index (κ2) is 7.26. The summed E-state index contributed by atoms with van der Waals surface area (Å²) in [6.45, 7) is 4.31. The van der Waals surface area contributed by atoms with Crippen LogP contribution in [0.4, 0.5) is 0 Å². The predicted molar refractivity (Wildman–Crippen MR) is 52.2 cm³/mol. The van der Waals surface area contributed by atoms with Crippen LogP contribution >= 0.6 is 0 Å². The van der Waals surface area contributed by atoms with Gasteiger partial charge in [0.05, 0.1) is 0 Å². The van der Waals surface area contributed by atoms with Crippen molar-refractivity contribution < 1.29 is 0 Å². The van der Waals surface area contributed by atoms with E-state index < -0.39 is 0 Å². The van der Waals surface area contributed by atoms with Crippen LogP contribution < -0.4 is 0 Å². The van der Waals surface area contributed by atoms with Crippen molar-refractivity contribution in [1.29, 1.82) is 0 Å². The lowest BCUT2D eigenvalue weighted by Gasteiger charge is -1.93. The summed E-state index contributed by atoms with van der Waals surface area (Å²) in [5, 5.41) is 0. The minimum Gasteiger partial charge on any atom is -0.297 e. The molecule has 0 aliphatic rings. The number of rotatable bonds is 4. The van der Waals surface area contributed by atoms with E-state index in [1.807, 2.05) is 6.08 Å². The molecule has 0 atom stereocenters. The lowest BCUT2D eigenvalue weighted by atomic mass is 10.1. The van der Waals surface area contributed by atoms with Gasteiger partial charge in [0, 0.05) is 13.3 Å². The van der Waals surface area contributed by atoms with E-state index in [1.165, 1.54) is 5.57 Å². The SMILES string of the molecule is CC/C=C(/C=C\C=NC)CC. The first kappa shape index (κ1) is 10.2. The summed E-state index contributed by atoms with van der Waals surface area (Å²) in [5.74, 6) is 0. The summed E-state index contributed by atoms with van der Waals surface area (Å²) < 4.78 is 0. The van der Waals surface area contributed by atoms with Gasteiger partial charge in [-0.05, 0) is 18.9 Å². The zero-order valence-corrected chi connectivity index (χ0v) is 7.67. The fourth-order valence-electron chi connectivity index (χ4n) is 0.845. The molecular weight excluding hydrogens is 134 g/mol. The normalized spacial score (nSPS) is 13.5. The van der Waals surface area contributed by atoms with Gasteiger partial charge in [-0.15, -0.1) is 0 Å². The smallest absolute Gasteiger partial charge is 0.0277 e. The van der Waals surface area contributed by atoms with Gasteiger partial charge in [-0.2, -0.15) is 0 Å². The second-order valence-corrected chi connectivity index (χ2v) is 2.31. The first-order valence-electron chi connectivity index (χ1n) is 4.13. The van der Waals surface area contributed by atoms with E-state index in [9.17, 15) is 0 Å². The summed E-state index contributed by atoms with van der Waals surface area (Å²) in [5.41, 5.74) is 1.38. The van der Waals surface area contributed by atoms with E-state index in [-0.39, 0.29) is 0 Å². The number of hydrogen-bond acceptors (Lipinski definition) is 1. The third-order valence-corrected chi connectivity index (χ3v) is 1.42. The van der Waals surface area contributed by atoms with Crippen LogP contribution in [0.5, 0.6) is 0 Å². The molecule has 0 heterocycles. The van der Waals surface area contributed by atoms with Crippen LogP contribution in [-0.2, 0) is 0 Å². The molecule has 62 valence electrons. The molecule has 0 spiro atoms. The summed E-state index contributed by atoms with van der Waals surface area (Å²) in [7, 11) is 1.78. The lowest BCUT2D eigenvalue weighted by Crippen LogP contribution is -1.74. The van der Waals surface area contributed by atoms with Gasteiger partial charge in [0.15, 0.2) is 0 Å². The summed E-state index contributed by atoms with van der Waals surface area (Å²) >= 11 is 0. The maximum Gasteiger partial charge on any atom is 0.0277 e. The molecule has 0 aromatic heterocycles. The maximum atomic E-state index is 3.86. The average Bonchev–Trinajstić information content (AvgIpc) is 2.03. The van der Waals surface area contributed by atoms with Gasteiger partial charge in [0.2, 0.25) is 0 Å². The molecule has 1 heteroatoms. The van der Waals surface area contributed by atoms with Gasteiger partial charge in [0.25, 0.3) is 0 Å². The van der Waals surface area contributed by atoms with E-state index in [0.717, 1.165) is 12.8 Å². The number of aliphatic imine (C=N–C) groups is 1. The number of hydrogen-bond donors (Lipinski definition) is 0. The molecule has 0 N–H and O–H groups in total. The Hall–Kier alpha value is -0.850. The monoisotopic (exact) mass is 151 g/mol. The zero-order valence-electron chi connectivity index (χ0n) is 7.67. The highest BCUT2D eigenvalue weighted by atomic mass is 14.6. The zero-order chi connectivity index (χ0) is 8.53. The van der Waals surface area contributed by atoms with Crippen molar-refractivity contribution in [3.63, 3.8) is 0 Å². The van der Waals surface area contributed by atoms with Crippen molar-refractivity contribution in [3.05, 3.63) is 23.8 Å². The van der Waals surface area contributed by atoms with Crippen LogP contribution in [-0.4, -0.2) is 13.3 Å². The van der Waals surface area contributed by atoms with Crippen LogP contribution in [0.15, 0.2) is 28.8 Å². The van der Waals surface area contributed by atoms with E-state index in [4.69, 9.17) is 0 Å². The van der Waals surface area contributed by atoms with Gasteiger partial charge in [0.1, 0.15) is 0 Å². The van der Waals surface area contributed by atoms with Crippen molar-refractivity contribution in [2.45, 2.75) is 26.7 Å². The molecule has 0 unspecified atom stereocenters. The fraction of sp³-hybridized carbons (Fsp3) is 0.500. The third kappa shape index (κ3) is 5.59. The molecule has 0 aromatic carbocycles. The second-order valence-electron chi connectivity index (χ2n) is 2.31. The van der Waals surface area contributed by atoms with E-state index >= 15 is 0 Å². The minimum absolute atomic E-state index is 1.10. The molecule has 0 rings (SSSR count). The molecule has 0 bridgehead atoms. The largest absolute Gasteiger partial charge is 0.297 e. The van der Waals surface area contributed by atoms with Crippen molar-refractivity contribution in [2.24, 2.45) is 4.99 Å². The summed E-state index contributed by atoms with van der Waals surface area (Å²) in [6, 6.07) is 0. The molecule has 11 heavy (non-hydrogen) atoms. The highest BCUT2D eigenvalue weighted by molar-refractivity contribution is 5.71.